The standard InChI is InChI=1S/C25H30N6O3S/c1-2-10-26-23(33)18-7-4-11-30(13-18)25-29-22-21(35-25)24(34)31(15-27-22)14-20(32)28-19-9-8-16-5-3-6-17(16)12-19/h8-9,12,15,18H,2-7,10-11,13-14H2,1H3,(H,26,33)(H,28,32)/t18-/m1/s1. The molecular formula is C25H30N6O3S. The summed E-state index contributed by atoms with van der Waals surface area (Å²) in [5.41, 5.74) is 3.47. The minimum atomic E-state index is -0.280. The van der Waals surface area contributed by atoms with Gasteiger partial charge in [-0.25, -0.2) is 4.98 Å². The number of carbonyl (C=O) groups excluding carboxylic acids is 2. The largest absolute Gasteiger partial charge is 0.356 e. The number of rotatable bonds is 7. The van der Waals surface area contributed by atoms with Crippen LogP contribution in [0.3, 0.4) is 0 Å². The minimum absolute atomic E-state index is 0.0764. The number of fused-ring (bicyclic) bond motifs is 2. The molecule has 35 heavy (non-hydrogen) atoms. The van der Waals surface area contributed by atoms with Gasteiger partial charge in [0.05, 0.1) is 5.92 Å². The van der Waals surface area contributed by atoms with Crippen LogP contribution < -0.4 is 21.1 Å². The number of hydrogen-bond donors (Lipinski definition) is 2. The summed E-state index contributed by atoms with van der Waals surface area (Å²) in [6.45, 7) is 3.96. The molecule has 1 atom stereocenters. The van der Waals surface area contributed by atoms with Gasteiger partial charge >= 0.3 is 0 Å². The first-order chi connectivity index (χ1) is 17.0. The predicted molar refractivity (Wildman–Crippen MR) is 137 cm³/mol. The summed E-state index contributed by atoms with van der Waals surface area (Å²) in [6.07, 6.45) is 7.30. The number of thiazole rings is 1. The average Bonchev–Trinajstić information content (AvgIpc) is 3.51. The van der Waals surface area contributed by atoms with Crippen molar-refractivity contribution in [2.45, 2.75) is 52.0 Å². The molecule has 10 heteroatoms. The second-order valence-corrected chi connectivity index (χ2v) is 10.3. The van der Waals surface area contributed by atoms with Gasteiger partial charge in [-0.1, -0.05) is 24.3 Å². The van der Waals surface area contributed by atoms with Gasteiger partial charge in [0, 0.05) is 25.3 Å². The molecule has 2 aromatic heterocycles. The molecule has 1 aromatic carbocycles. The molecular weight excluding hydrogens is 464 g/mol. The number of nitrogens with zero attached hydrogens (tertiary/aromatic N) is 4. The van der Waals surface area contributed by atoms with Crippen LogP contribution in [0.5, 0.6) is 0 Å². The zero-order valence-electron chi connectivity index (χ0n) is 19.9. The topological polar surface area (TPSA) is 109 Å². The average molecular weight is 495 g/mol. The van der Waals surface area contributed by atoms with Crippen molar-refractivity contribution in [2.75, 3.05) is 29.9 Å². The molecule has 2 N–H and O–H groups in total. The number of aryl methyl sites for hydroxylation is 2. The van der Waals surface area contributed by atoms with Crippen LogP contribution in [0.25, 0.3) is 10.3 Å². The molecule has 2 aliphatic rings. The fraction of sp³-hybridized carbons (Fsp3) is 0.480. The van der Waals surface area contributed by atoms with Crippen molar-refractivity contribution < 1.29 is 9.59 Å². The smallest absolute Gasteiger partial charge is 0.273 e. The van der Waals surface area contributed by atoms with Crippen LogP contribution in [0, 0.1) is 5.92 Å². The number of hydrogen-bond acceptors (Lipinski definition) is 7. The van der Waals surface area contributed by atoms with Gasteiger partial charge in [0.15, 0.2) is 10.8 Å². The fourth-order valence-electron chi connectivity index (χ4n) is 4.85. The maximum atomic E-state index is 13.1. The minimum Gasteiger partial charge on any atom is -0.356 e. The van der Waals surface area contributed by atoms with Crippen LogP contribution in [0.2, 0.25) is 0 Å². The number of benzene rings is 1. The Morgan fingerprint density at radius 3 is 2.91 bits per heavy atom. The van der Waals surface area contributed by atoms with Crippen LogP contribution in [0.15, 0.2) is 29.3 Å². The summed E-state index contributed by atoms with van der Waals surface area (Å²) in [7, 11) is 0. The van der Waals surface area contributed by atoms with E-state index in [-0.39, 0.29) is 29.8 Å². The molecule has 0 saturated carbocycles. The Morgan fingerprint density at radius 1 is 1.20 bits per heavy atom. The van der Waals surface area contributed by atoms with Crippen LogP contribution >= 0.6 is 11.3 Å². The zero-order valence-corrected chi connectivity index (χ0v) is 20.7. The van der Waals surface area contributed by atoms with Gasteiger partial charge in [0.2, 0.25) is 11.8 Å². The fourth-order valence-corrected chi connectivity index (χ4v) is 5.85. The number of anilines is 2. The van der Waals surface area contributed by atoms with Crippen molar-refractivity contribution in [2.24, 2.45) is 5.92 Å². The second kappa shape index (κ2) is 10.2. The molecule has 1 aliphatic carbocycles. The molecule has 2 amide bonds. The summed E-state index contributed by atoms with van der Waals surface area (Å²) in [6, 6.07) is 6.00. The Kier molecular flexibility index (Phi) is 6.81. The van der Waals surface area contributed by atoms with E-state index in [1.54, 1.807) is 0 Å². The summed E-state index contributed by atoms with van der Waals surface area (Å²) in [4.78, 5) is 49.1. The summed E-state index contributed by atoms with van der Waals surface area (Å²) in [5, 5.41) is 6.57. The van der Waals surface area contributed by atoms with Crippen molar-refractivity contribution >= 4 is 44.3 Å². The Morgan fingerprint density at radius 2 is 2.06 bits per heavy atom. The molecule has 0 spiro atoms. The van der Waals surface area contributed by atoms with E-state index in [1.807, 2.05) is 19.1 Å². The highest BCUT2D eigenvalue weighted by atomic mass is 32.1. The van der Waals surface area contributed by atoms with E-state index in [9.17, 15) is 14.4 Å². The lowest BCUT2D eigenvalue weighted by molar-refractivity contribution is -0.125. The van der Waals surface area contributed by atoms with E-state index in [0.29, 0.717) is 28.6 Å². The third-order valence-electron chi connectivity index (χ3n) is 6.68. The van der Waals surface area contributed by atoms with Gasteiger partial charge in [-0.15, -0.1) is 0 Å². The Hall–Kier alpha value is -3.27. The van der Waals surface area contributed by atoms with E-state index in [2.05, 4.69) is 31.6 Å². The molecule has 3 heterocycles. The first-order valence-electron chi connectivity index (χ1n) is 12.3. The summed E-state index contributed by atoms with van der Waals surface area (Å²) < 4.78 is 1.75. The Bertz CT molecular complexity index is 1320. The molecule has 5 rings (SSSR count). The van der Waals surface area contributed by atoms with Crippen molar-refractivity contribution in [3.05, 3.63) is 46.0 Å². The van der Waals surface area contributed by atoms with Crippen molar-refractivity contribution in [3.8, 4) is 0 Å². The van der Waals surface area contributed by atoms with E-state index >= 15 is 0 Å². The number of aromatic nitrogens is 3. The number of piperidine rings is 1. The summed E-state index contributed by atoms with van der Waals surface area (Å²) >= 11 is 1.28. The van der Waals surface area contributed by atoms with E-state index in [0.717, 1.165) is 50.8 Å². The first-order valence-corrected chi connectivity index (χ1v) is 13.1. The number of carbonyl (C=O) groups is 2. The Balaban J connectivity index is 1.28. The van der Waals surface area contributed by atoms with Crippen molar-refractivity contribution in [3.63, 3.8) is 0 Å². The van der Waals surface area contributed by atoms with E-state index in [4.69, 9.17) is 0 Å². The lowest BCUT2D eigenvalue weighted by Gasteiger charge is -2.31. The normalized spacial score (nSPS) is 17.4. The highest BCUT2D eigenvalue weighted by Gasteiger charge is 2.28. The predicted octanol–water partition coefficient (Wildman–Crippen LogP) is 2.72. The molecule has 1 aliphatic heterocycles. The third-order valence-corrected chi connectivity index (χ3v) is 7.77. The van der Waals surface area contributed by atoms with Crippen LogP contribution in [0.1, 0.15) is 43.7 Å². The highest BCUT2D eigenvalue weighted by Crippen LogP contribution is 2.29. The SMILES string of the molecule is CCCNC(=O)[C@@H]1CCCN(c2nc3ncn(CC(=O)Nc4ccc5c(c4)CCC5)c(=O)c3s2)C1. The highest BCUT2D eigenvalue weighted by molar-refractivity contribution is 7.22. The molecule has 0 radical (unpaired) electrons. The number of nitrogens with one attached hydrogen (secondary N) is 2. The van der Waals surface area contributed by atoms with Crippen LogP contribution in [0.4, 0.5) is 10.8 Å². The van der Waals surface area contributed by atoms with E-state index in [1.165, 1.54) is 33.4 Å². The number of amides is 2. The molecule has 9 nitrogen and oxygen atoms in total. The van der Waals surface area contributed by atoms with Crippen molar-refractivity contribution in [1.82, 2.24) is 19.9 Å². The van der Waals surface area contributed by atoms with Gasteiger partial charge in [-0.2, -0.15) is 4.98 Å². The molecule has 1 saturated heterocycles. The molecule has 0 unspecified atom stereocenters. The maximum Gasteiger partial charge on any atom is 0.273 e. The van der Waals surface area contributed by atoms with Crippen LogP contribution in [-0.2, 0) is 29.0 Å². The van der Waals surface area contributed by atoms with Gasteiger partial charge in [0.1, 0.15) is 17.6 Å². The van der Waals surface area contributed by atoms with Gasteiger partial charge in [-0.05, 0) is 61.8 Å². The molecule has 3 aromatic rings. The Labute approximate surface area is 207 Å². The lowest BCUT2D eigenvalue weighted by Crippen LogP contribution is -2.43. The molecule has 184 valence electrons. The monoisotopic (exact) mass is 494 g/mol. The molecule has 0 bridgehead atoms. The second-order valence-electron chi connectivity index (χ2n) is 9.29. The van der Waals surface area contributed by atoms with E-state index < -0.39 is 0 Å². The van der Waals surface area contributed by atoms with Gasteiger partial charge in [-0.3, -0.25) is 19.0 Å². The van der Waals surface area contributed by atoms with Gasteiger partial charge in [0.25, 0.3) is 5.56 Å². The lowest BCUT2D eigenvalue weighted by atomic mass is 9.97. The first kappa shape index (κ1) is 23.5. The summed E-state index contributed by atoms with van der Waals surface area (Å²) in [5.74, 6) is -0.282. The van der Waals surface area contributed by atoms with Crippen LogP contribution in [-0.4, -0.2) is 46.0 Å². The third kappa shape index (κ3) is 5.07. The maximum absolute atomic E-state index is 13.1. The van der Waals surface area contributed by atoms with Crippen molar-refractivity contribution in [1.29, 1.82) is 0 Å². The zero-order chi connectivity index (χ0) is 24.4. The molecule has 1 fully saturated rings. The quantitative estimate of drug-likeness (QED) is 0.523. The van der Waals surface area contributed by atoms with Gasteiger partial charge < -0.3 is 15.5 Å².